The zero-order valence-electron chi connectivity index (χ0n) is 10.4. The second-order valence-electron chi connectivity index (χ2n) is 3.90. The van der Waals surface area contributed by atoms with Gasteiger partial charge in [0, 0.05) is 10.7 Å². The van der Waals surface area contributed by atoms with E-state index >= 15 is 0 Å². The van der Waals surface area contributed by atoms with Crippen LogP contribution in [0.5, 0.6) is 0 Å². The average molecular weight is 333 g/mol. The van der Waals surface area contributed by atoms with Crippen molar-refractivity contribution in [3.63, 3.8) is 0 Å². The Kier molecular flexibility index (Phi) is 5.81. The van der Waals surface area contributed by atoms with Gasteiger partial charge in [-0.25, -0.2) is 4.83 Å². The summed E-state index contributed by atoms with van der Waals surface area (Å²) in [6, 6.07) is 6.41. The van der Waals surface area contributed by atoms with Gasteiger partial charge in [-0.1, -0.05) is 29.8 Å². The van der Waals surface area contributed by atoms with Crippen LogP contribution in [0.1, 0.15) is 26.7 Å². The number of hydrogen-bond acceptors (Lipinski definition) is 3. The summed E-state index contributed by atoms with van der Waals surface area (Å²) in [5.41, 5.74) is 0. The highest BCUT2D eigenvalue weighted by Gasteiger charge is 2.12. The fraction of sp³-hybridized carbons (Fsp3) is 0.417. The molecule has 0 saturated carbocycles. The first kappa shape index (κ1) is 15.2. The maximum absolute atomic E-state index is 11.9. The summed E-state index contributed by atoms with van der Waals surface area (Å²) in [6.07, 6.45) is 3.54. The van der Waals surface area contributed by atoms with Gasteiger partial charge in [-0.05, 0) is 43.0 Å². The first-order valence-corrected chi connectivity index (χ1v) is 8.07. The smallest absolute Gasteiger partial charge is 0.200 e. The number of hydrazone groups is 1. The van der Waals surface area contributed by atoms with Gasteiger partial charge >= 0.3 is 0 Å². The van der Waals surface area contributed by atoms with Crippen LogP contribution in [0.15, 0.2) is 38.7 Å². The fourth-order valence-corrected chi connectivity index (χ4v) is 2.43. The van der Waals surface area contributed by atoms with Gasteiger partial charge in [-0.15, -0.1) is 0 Å². The lowest BCUT2D eigenvalue weighted by Crippen LogP contribution is -2.19. The van der Waals surface area contributed by atoms with Gasteiger partial charge in [0.05, 0.1) is 4.90 Å². The van der Waals surface area contributed by atoms with E-state index in [1.807, 2.05) is 13.8 Å². The Morgan fingerprint density at radius 1 is 1.28 bits per heavy atom. The van der Waals surface area contributed by atoms with Gasteiger partial charge in [0.2, 0.25) is 0 Å². The molecular weight excluding hydrogens is 316 g/mol. The van der Waals surface area contributed by atoms with Gasteiger partial charge in [0.1, 0.15) is 0 Å². The SMILES string of the molecule is CCC(/C=N\NS(=O)(=O)c1ccc(Br)cc1)CC. The first-order chi connectivity index (χ1) is 8.49. The topological polar surface area (TPSA) is 58.5 Å². The van der Waals surface area contributed by atoms with Crippen LogP contribution in [-0.4, -0.2) is 14.6 Å². The lowest BCUT2D eigenvalue weighted by molar-refractivity contribution is 0.583. The number of halogens is 1. The van der Waals surface area contributed by atoms with E-state index in [4.69, 9.17) is 0 Å². The molecule has 1 aromatic carbocycles. The van der Waals surface area contributed by atoms with Crippen LogP contribution >= 0.6 is 15.9 Å². The zero-order valence-corrected chi connectivity index (χ0v) is 12.8. The van der Waals surface area contributed by atoms with E-state index in [1.54, 1.807) is 18.3 Å². The molecule has 1 rings (SSSR count). The van der Waals surface area contributed by atoms with E-state index in [9.17, 15) is 8.42 Å². The summed E-state index contributed by atoms with van der Waals surface area (Å²) in [6.45, 7) is 4.09. The van der Waals surface area contributed by atoms with Gasteiger partial charge in [-0.3, -0.25) is 0 Å². The molecule has 0 spiro atoms. The maximum atomic E-state index is 11.9. The van der Waals surface area contributed by atoms with Crippen molar-refractivity contribution in [1.82, 2.24) is 4.83 Å². The van der Waals surface area contributed by atoms with E-state index in [1.165, 1.54) is 12.1 Å². The van der Waals surface area contributed by atoms with Crippen LogP contribution < -0.4 is 4.83 Å². The molecule has 0 heterocycles. The molecule has 6 heteroatoms. The van der Waals surface area contributed by atoms with Crippen molar-refractivity contribution in [1.29, 1.82) is 0 Å². The van der Waals surface area contributed by atoms with Crippen LogP contribution in [0.3, 0.4) is 0 Å². The van der Waals surface area contributed by atoms with E-state index in [2.05, 4.69) is 25.9 Å². The number of nitrogens with one attached hydrogen (secondary N) is 1. The van der Waals surface area contributed by atoms with Crippen LogP contribution in [0.4, 0.5) is 0 Å². The summed E-state index contributed by atoms with van der Waals surface area (Å²) in [7, 11) is -3.56. The first-order valence-electron chi connectivity index (χ1n) is 5.80. The molecule has 0 aliphatic carbocycles. The minimum Gasteiger partial charge on any atom is -0.200 e. The van der Waals surface area contributed by atoms with Crippen molar-refractivity contribution in [3.8, 4) is 0 Å². The largest absolute Gasteiger partial charge is 0.276 e. The van der Waals surface area contributed by atoms with Crippen molar-refractivity contribution < 1.29 is 8.42 Å². The lowest BCUT2D eigenvalue weighted by Gasteiger charge is -2.06. The van der Waals surface area contributed by atoms with Crippen molar-refractivity contribution in [2.45, 2.75) is 31.6 Å². The molecule has 1 N–H and O–H groups in total. The highest BCUT2D eigenvalue weighted by Crippen LogP contribution is 2.14. The predicted molar refractivity (Wildman–Crippen MR) is 77.0 cm³/mol. The van der Waals surface area contributed by atoms with Crippen molar-refractivity contribution in [2.75, 3.05) is 0 Å². The minimum absolute atomic E-state index is 0.201. The van der Waals surface area contributed by atoms with Gasteiger partial charge < -0.3 is 0 Å². The highest BCUT2D eigenvalue weighted by molar-refractivity contribution is 9.10. The number of nitrogens with zero attached hydrogens (tertiary/aromatic N) is 1. The third-order valence-corrected chi connectivity index (χ3v) is 4.40. The third kappa shape index (κ3) is 4.42. The molecule has 100 valence electrons. The van der Waals surface area contributed by atoms with Crippen molar-refractivity contribution >= 4 is 32.2 Å². The number of sulfonamides is 1. The predicted octanol–water partition coefficient (Wildman–Crippen LogP) is 3.15. The molecule has 0 atom stereocenters. The van der Waals surface area contributed by atoms with Crippen molar-refractivity contribution in [2.24, 2.45) is 11.0 Å². The Balaban J connectivity index is 2.74. The van der Waals surface area contributed by atoms with Crippen LogP contribution in [0.2, 0.25) is 0 Å². The molecule has 0 amide bonds. The summed E-state index contributed by atoms with van der Waals surface area (Å²) < 4.78 is 24.6. The van der Waals surface area contributed by atoms with Crippen LogP contribution in [0.25, 0.3) is 0 Å². The maximum Gasteiger partial charge on any atom is 0.276 e. The fourth-order valence-electron chi connectivity index (χ4n) is 1.37. The molecule has 0 aromatic heterocycles. The molecule has 0 fully saturated rings. The van der Waals surface area contributed by atoms with E-state index in [0.717, 1.165) is 17.3 Å². The second-order valence-corrected chi connectivity index (χ2v) is 6.48. The summed E-state index contributed by atoms with van der Waals surface area (Å²) in [4.78, 5) is 2.42. The molecular formula is C12H17BrN2O2S. The normalized spacial score (nSPS) is 12.2. The molecule has 0 saturated heterocycles. The summed E-state index contributed by atoms with van der Waals surface area (Å²) >= 11 is 3.26. The molecule has 0 aliphatic rings. The van der Waals surface area contributed by atoms with Crippen molar-refractivity contribution in [3.05, 3.63) is 28.7 Å². The molecule has 4 nitrogen and oxygen atoms in total. The van der Waals surface area contributed by atoms with Crippen LogP contribution in [-0.2, 0) is 10.0 Å². The zero-order chi connectivity index (χ0) is 13.6. The Labute approximate surface area is 117 Å². The standard InChI is InChI=1S/C12H17BrN2O2S/c1-3-10(4-2)9-14-15-18(16,17)12-7-5-11(13)6-8-12/h5-10,15H,3-4H2,1-2H3/b14-9-. The monoisotopic (exact) mass is 332 g/mol. The molecule has 18 heavy (non-hydrogen) atoms. The number of benzene rings is 1. The number of hydrogen-bond donors (Lipinski definition) is 1. The van der Waals surface area contributed by atoms with Gasteiger partial charge in [0.25, 0.3) is 10.0 Å². The third-order valence-electron chi connectivity index (χ3n) is 2.63. The molecule has 0 aliphatic heterocycles. The summed E-state index contributed by atoms with van der Waals surface area (Å²) in [5.74, 6) is 0.303. The summed E-state index contributed by atoms with van der Waals surface area (Å²) in [5, 5.41) is 3.81. The van der Waals surface area contributed by atoms with Gasteiger partial charge in [-0.2, -0.15) is 13.5 Å². The highest BCUT2D eigenvalue weighted by atomic mass is 79.9. The number of rotatable bonds is 6. The Hall–Kier alpha value is -0.880. The Morgan fingerprint density at radius 3 is 2.33 bits per heavy atom. The van der Waals surface area contributed by atoms with E-state index in [-0.39, 0.29) is 4.90 Å². The molecule has 0 unspecified atom stereocenters. The Morgan fingerprint density at radius 2 is 1.83 bits per heavy atom. The average Bonchev–Trinajstić information content (AvgIpc) is 2.35. The van der Waals surface area contributed by atoms with Crippen LogP contribution in [0, 0.1) is 5.92 Å². The molecule has 0 bridgehead atoms. The van der Waals surface area contributed by atoms with E-state index < -0.39 is 10.0 Å². The molecule has 0 radical (unpaired) electrons. The van der Waals surface area contributed by atoms with E-state index in [0.29, 0.717) is 5.92 Å². The molecule has 1 aromatic rings. The minimum atomic E-state index is -3.56. The van der Waals surface area contributed by atoms with Gasteiger partial charge in [0.15, 0.2) is 0 Å². The quantitative estimate of drug-likeness (QED) is 0.642. The second kappa shape index (κ2) is 6.89. The Bertz CT molecular complexity index is 493. The lowest BCUT2D eigenvalue weighted by atomic mass is 10.1.